The van der Waals surface area contributed by atoms with Crippen molar-refractivity contribution >= 4 is 16.0 Å². The molecule has 26 heavy (non-hydrogen) atoms. The number of ether oxygens (including phenoxy) is 1. The molecule has 1 atom stereocenters. The van der Waals surface area contributed by atoms with Crippen molar-refractivity contribution < 1.29 is 13.2 Å². The summed E-state index contributed by atoms with van der Waals surface area (Å²) in [5.41, 5.74) is 0.301. The van der Waals surface area contributed by atoms with Gasteiger partial charge < -0.3 is 15.0 Å². The lowest BCUT2D eigenvalue weighted by Crippen LogP contribution is -2.53. The third-order valence-corrected chi connectivity index (χ3v) is 7.47. The molecule has 3 rings (SSSR count). The first-order chi connectivity index (χ1) is 12.4. The van der Waals surface area contributed by atoms with E-state index in [0.29, 0.717) is 24.4 Å². The number of likely N-dealkylation sites (tertiary alicyclic amines) is 1. The second-order valence-corrected chi connectivity index (χ2v) is 10.2. The number of nitrogens with one attached hydrogen (secondary N) is 1. The first kappa shape index (κ1) is 19.9. The van der Waals surface area contributed by atoms with Gasteiger partial charge in [0.15, 0.2) is 5.96 Å². The smallest absolute Gasteiger partial charge is 0.211 e. The summed E-state index contributed by atoms with van der Waals surface area (Å²) in [7, 11) is -1.19. The van der Waals surface area contributed by atoms with E-state index in [1.54, 1.807) is 4.31 Å². The molecule has 1 unspecified atom stereocenters. The third-order valence-electron chi connectivity index (χ3n) is 6.17. The van der Waals surface area contributed by atoms with Gasteiger partial charge in [-0.05, 0) is 44.4 Å². The SMILES string of the molecule is CN=C(NCC1CCN(S(C)(=O)=O)CC1)N1CCCC2(CCCOC2)C1. The molecule has 3 saturated heterocycles. The van der Waals surface area contributed by atoms with Crippen LogP contribution in [0.15, 0.2) is 4.99 Å². The summed E-state index contributed by atoms with van der Waals surface area (Å²) in [4.78, 5) is 6.91. The Morgan fingerprint density at radius 3 is 2.58 bits per heavy atom. The van der Waals surface area contributed by atoms with Gasteiger partial charge >= 0.3 is 0 Å². The zero-order valence-corrected chi connectivity index (χ0v) is 17.1. The maximum absolute atomic E-state index is 11.6. The highest BCUT2D eigenvalue weighted by Gasteiger charge is 2.38. The van der Waals surface area contributed by atoms with Crippen LogP contribution in [-0.4, -0.2) is 82.8 Å². The molecule has 0 radical (unpaired) electrons. The summed E-state index contributed by atoms with van der Waals surface area (Å²) >= 11 is 0. The third kappa shape index (κ3) is 4.89. The van der Waals surface area contributed by atoms with Gasteiger partial charge in [0.25, 0.3) is 0 Å². The zero-order chi connectivity index (χ0) is 18.6. The Morgan fingerprint density at radius 2 is 1.96 bits per heavy atom. The van der Waals surface area contributed by atoms with E-state index in [9.17, 15) is 8.42 Å². The van der Waals surface area contributed by atoms with E-state index >= 15 is 0 Å². The lowest BCUT2D eigenvalue weighted by atomic mass is 9.76. The molecule has 1 N–H and O–H groups in total. The van der Waals surface area contributed by atoms with Crippen molar-refractivity contribution in [1.82, 2.24) is 14.5 Å². The Labute approximate surface area is 158 Å². The van der Waals surface area contributed by atoms with Crippen molar-refractivity contribution in [2.75, 3.05) is 59.2 Å². The average molecular weight is 387 g/mol. The van der Waals surface area contributed by atoms with Gasteiger partial charge in [-0.3, -0.25) is 4.99 Å². The molecule has 0 saturated carbocycles. The van der Waals surface area contributed by atoms with E-state index in [-0.39, 0.29) is 0 Å². The molecule has 0 amide bonds. The van der Waals surface area contributed by atoms with Gasteiger partial charge in [0.1, 0.15) is 0 Å². The summed E-state index contributed by atoms with van der Waals surface area (Å²) in [6.07, 6.45) is 7.99. The standard InChI is InChI=1S/C18H34N4O3S/c1-19-17(20-13-16-5-10-22(11-6-16)26(2,23)24)21-9-3-7-18(14-21)8-4-12-25-15-18/h16H,3-15H2,1-2H3,(H,19,20). The van der Waals surface area contributed by atoms with Gasteiger partial charge in [-0.2, -0.15) is 0 Å². The summed E-state index contributed by atoms with van der Waals surface area (Å²) in [6.45, 7) is 5.99. The molecule has 0 aromatic rings. The maximum atomic E-state index is 11.6. The number of sulfonamides is 1. The van der Waals surface area contributed by atoms with E-state index in [0.717, 1.165) is 51.6 Å². The first-order valence-electron chi connectivity index (χ1n) is 9.90. The molecule has 3 heterocycles. The first-order valence-corrected chi connectivity index (χ1v) is 11.8. The summed E-state index contributed by atoms with van der Waals surface area (Å²) in [5, 5.41) is 3.55. The normalized spacial score (nSPS) is 29.9. The second-order valence-electron chi connectivity index (χ2n) is 8.21. The fourth-order valence-electron chi connectivity index (χ4n) is 4.63. The highest BCUT2D eigenvalue weighted by atomic mass is 32.2. The number of hydrogen-bond acceptors (Lipinski definition) is 4. The monoisotopic (exact) mass is 386 g/mol. The van der Waals surface area contributed by atoms with Crippen molar-refractivity contribution in [1.29, 1.82) is 0 Å². The molecule has 0 aromatic heterocycles. The Kier molecular flexibility index (Phi) is 6.45. The van der Waals surface area contributed by atoms with Crippen LogP contribution in [-0.2, 0) is 14.8 Å². The van der Waals surface area contributed by atoms with Crippen LogP contribution in [0, 0.1) is 11.3 Å². The van der Waals surface area contributed by atoms with Gasteiger partial charge in [0.2, 0.25) is 10.0 Å². The largest absolute Gasteiger partial charge is 0.381 e. The summed E-state index contributed by atoms with van der Waals surface area (Å²) in [6, 6.07) is 0. The quantitative estimate of drug-likeness (QED) is 0.581. The molecule has 0 bridgehead atoms. The van der Waals surface area contributed by atoms with E-state index in [1.807, 2.05) is 7.05 Å². The molecule has 3 aliphatic heterocycles. The Balaban J connectivity index is 1.49. The van der Waals surface area contributed by atoms with Crippen molar-refractivity contribution in [3.8, 4) is 0 Å². The molecule has 7 nitrogen and oxygen atoms in total. The molecule has 3 aliphatic rings. The van der Waals surface area contributed by atoms with Crippen LogP contribution in [0.1, 0.15) is 38.5 Å². The molecule has 0 aromatic carbocycles. The molecule has 1 spiro atoms. The number of rotatable bonds is 3. The molecule has 0 aliphatic carbocycles. The Morgan fingerprint density at radius 1 is 1.23 bits per heavy atom. The van der Waals surface area contributed by atoms with Crippen molar-refractivity contribution in [3.05, 3.63) is 0 Å². The van der Waals surface area contributed by atoms with E-state index < -0.39 is 10.0 Å². The van der Waals surface area contributed by atoms with Crippen molar-refractivity contribution in [3.63, 3.8) is 0 Å². The number of hydrogen-bond donors (Lipinski definition) is 1. The van der Waals surface area contributed by atoms with Crippen LogP contribution in [0.3, 0.4) is 0 Å². The fourth-order valence-corrected chi connectivity index (χ4v) is 5.51. The van der Waals surface area contributed by atoms with Crippen LogP contribution in [0.4, 0.5) is 0 Å². The van der Waals surface area contributed by atoms with Crippen LogP contribution >= 0.6 is 0 Å². The number of nitrogens with zero attached hydrogens (tertiary/aromatic N) is 3. The number of aliphatic imine (C=N–C) groups is 1. The zero-order valence-electron chi connectivity index (χ0n) is 16.2. The highest BCUT2D eigenvalue weighted by Crippen LogP contribution is 2.37. The van der Waals surface area contributed by atoms with Gasteiger partial charge in [0, 0.05) is 51.8 Å². The Hall–Kier alpha value is -0.860. The lowest BCUT2D eigenvalue weighted by molar-refractivity contribution is -0.0370. The van der Waals surface area contributed by atoms with E-state index in [1.165, 1.54) is 31.9 Å². The molecular formula is C18H34N4O3S. The second kappa shape index (κ2) is 8.44. The van der Waals surface area contributed by atoms with Crippen LogP contribution < -0.4 is 5.32 Å². The molecular weight excluding hydrogens is 352 g/mol. The van der Waals surface area contributed by atoms with E-state index in [4.69, 9.17) is 4.74 Å². The van der Waals surface area contributed by atoms with Gasteiger partial charge in [-0.1, -0.05) is 0 Å². The highest BCUT2D eigenvalue weighted by molar-refractivity contribution is 7.88. The average Bonchev–Trinajstić information content (AvgIpc) is 2.63. The minimum Gasteiger partial charge on any atom is -0.381 e. The minimum absolute atomic E-state index is 0.301. The summed E-state index contributed by atoms with van der Waals surface area (Å²) in [5.74, 6) is 1.49. The molecule has 3 fully saturated rings. The minimum atomic E-state index is -3.05. The lowest BCUT2D eigenvalue weighted by Gasteiger charge is -2.46. The molecule has 150 valence electrons. The topological polar surface area (TPSA) is 74.2 Å². The van der Waals surface area contributed by atoms with Crippen LogP contribution in [0.5, 0.6) is 0 Å². The predicted molar refractivity (Wildman–Crippen MR) is 104 cm³/mol. The summed E-state index contributed by atoms with van der Waals surface area (Å²) < 4.78 is 30.6. The van der Waals surface area contributed by atoms with E-state index in [2.05, 4.69) is 15.2 Å². The fraction of sp³-hybridized carbons (Fsp3) is 0.944. The van der Waals surface area contributed by atoms with Crippen molar-refractivity contribution in [2.45, 2.75) is 38.5 Å². The number of guanidine groups is 1. The van der Waals surface area contributed by atoms with Crippen molar-refractivity contribution in [2.24, 2.45) is 16.3 Å². The van der Waals surface area contributed by atoms with Gasteiger partial charge in [-0.15, -0.1) is 0 Å². The van der Waals surface area contributed by atoms with Crippen LogP contribution in [0.2, 0.25) is 0 Å². The van der Waals surface area contributed by atoms with Gasteiger partial charge in [-0.25, -0.2) is 12.7 Å². The number of piperidine rings is 2. The van der Waals surface area contributed by atoms with Crippen LogP contribution in [0.25, 0.3) is 0 Å². The van der Waals surface area contributed by atoms with Gasteiger partial charge in [0.05, 0.1) is 12.9 Å². The maximum Gasteiger partial charge on any atom is 0.211 e. The molecule has 8 heteroatoms. The predicted octanol–water partition coefficient (Wildman–Crippen LogP) is 1.13. The Bertz CT molecular complexity index is 588.